The molecule has 1 aliphatic rings. The van der Waals surface area contributed by atoms with Crippen molar-refractivity contribution >= 4 is 17.7 Å². The monoisotopic (exact) mass is 295 g/mol. The lowest BCUT2D eigenvalue weighted by Crippen LogP contribution is -2.36. The van der Waals surface area contributed by atoms with Gasteiger partial charge in [-0.3, -0.25) is 0 Å². The first-order valence-corrected chi connectivity index (χ1v) is 8.22. The van der Waals surface area contributed by atoms with Gasteiger partial charge in [-0.1, -0.05) is 18.6 Å². The lowest BCUT2D eigenvalue weighted by Gasteiger charge is -2.19. The maximum absolute atomic E-state index is 11.0. The van der Waals surface area contributed by atoms with E-state index in [0.29, 0.717) is 23.6 Å². The van der Waals surface area contributed by atoms with E-state index in [0.717, 1.165) is 6.54 Å². The Labute approximate surface area is 123 Å². The first kappa shape index (κ1) is 15.2. The molecule has 4 nitrogen and oxygen atoms in total. The second-order valence-electron chi connectivity index (χ2n) is 4.92. The minimum Gasteiger partial charge on any atom is -0.491 e. The van der Waals surface area contributed by atoms with Crippen molar-refractivity contribution in [2.24, 2.45) is 0 Å². The maximum Gasteiger partial charge on any atom is 0.339 e. The molecule has 2 unspecified atom stereocenters. The maximum atomic E-state index is 11.0. The summed E-state index contributed by atoms with van der Waals surface area (Å²) in [5.74, 6) is -0.513. The first-order valence-electron chi connectivity index (χ1n) is 6.93. The molecule has 110 valence electrons. The molecule has 2 rings (SSSR count). The normalized spacial score (nSPS) is 21.9. The summed E-state index contributed by atoms with van der Waals surface area (Å²) in [5, 5.41) is 13.3. The van der Waals surface area contributed by atoms with Crippen molar-refractivity contribution in [2.45, 2.75) is 30.6 Å². The zero-order valence-electron chi connectivity index (χ0n) is 11.7. The minimum atomic E-state index is -0.952. The fraction of sp³-hybridized carbons (Fsp3) is 0.533. The predicted octanol–water partition coefficient (Wildman–Crippen LogP) is 2.64. The van der Waals surface area contributed by atoms with Gasteiger partial charge in [0.1, 0.15) is 17.9 Å². The summed E-state index contributed by atoms with van der Waals surface area (Å²) in [6, 6.07) is 7.31. The molecule has 1 aliphatic carbocycles. The quantitative estimate of drug-likeness (QED) is 0.757. The molecule has 0 radical (unpaired) electrons. The van der Waals surface area contributed by atoms with E-state index in [2.05, 4.69) is 11.6 Å². The summed E-state index contributed by atoms with van der Waals surface area (Å²) in [4.78, 5) is 11.0. The highest BCUT2D eigenvalue weighted by molar-refractivity contribution is 7.99. The van der Waals surface area contributed by atoms with E-state index in [4.69, 9.17) is 9.84 Å². The zero-order valence-corrected chi connectivity index (χ0v) is 12.5. The van der Waals surface area contributed by atoms with E-state index in [1.54, 1.807) is 24.3 Å². The molecule has 1 fully saturated rings. The van der Waals surface area contributed by atoms with Crippen LogP contribution in [0.15, 0.2) is 24.3 Å². The molecular formula is C15H21NO3S. The SMILES string of the molecule is CSC1CCCC1NCCOc1ccccc1C(=O)O. The van der Waals surface area contributed by atoms with Crippen LogP contribution in [0.5, 0.6) is 5.75 Å². The number of ether oxygens (including phenoxy) is 1. The molecule has 20 heavy (non-hydrogen) atoms. The predicted molar refractivity (Wildman–Crippen MR) is 81.8 cm³/mol. The van der Waals surface area contributed by atoms with Crippen LogP contribution < -0.4 is 10.1 Å². The second kappa shape index (κ2) is 7.55. The number of rotatable bonds is 7. The number of carboxylic acids is 1. The molecule has 1 saturated carbocycles. The van der Waals surface area contributed by atoms with Crippen molar-refractivity contribution in [3.05, 3.63) is 29.8 Å². The molecule has 2 atom stereocenters. The molecule has 0 bridgehead atoms. The number of hydrogen-bond acceptors (Lipinski definition) is 4. The van der Waals surface area contributed by atoms with Crippen LogP contribution in [-0.2, 0) is 0 Å². The van der Waals surface area contributed by atoms with E-state index < -0.39 is 5.97 Å². The van der Waals surface area contributed by atoms with Crippen molar-refractivity contribution in [3.63, 3.8) is 0 Å². The standard InChI is InChI=1S/C15H21NO3S/c1-20-14-8-4-6-12(14)16-9-10-19-13-7-3-2-5-11(13)15(17)18/h2-3,5,7,12,14,16H,4,6,8-10H2,1H3,(H,17,18). The van der Waals surface area contributed by atoms with Crippen molar-refractivity contribution < 1.29 is 14.6 Å². The number of hydrogen-bond donors (Lipinski definition) is 2. The highest BCUT2D eigenvalue weighted by Gasteiger charge is 2.25. The molecule has 0 spiro atoms. The highest BCUT2D eigenvalue weighted by Crippen LogP contribution is 2.28. The van der Waals surface area contributed by atoms with Crippen LogP contribution in [0.1, 0.15) is 29.6 Å². The Kier molecular flexibility index (Phi) is 5.73. The fourth-order valence-electron chi connectivity index (χ4n) is 2.62. The lowest BCUT2D eigenvalue weighted by atomic mass is 10.2. The average molecular weight is 295 g/mol. The Balaban J connectivity index is 1.77. The van der Waals surface area contributed by atoms with Crippen LogP contribution >= 0.6 is 11.8 Å². The van der Waals surface area contributed by atoms with Gasteiger partial charge in [-0.25, -0.2) is 4.79 Å². The number of benzene rings is 1. The Bertz CT molecular complexity index is 452. The van der Waals surface area contributed by atoms with Gasteiger partial charge in [0.2, 0.25) is 0 Å². The number of para-hydroxylation sites is 1. The van der Waals surface area contributed by atoms with Crippen LogP contribution in [-0.4, -0.2) is 41.8 Å². The van der Waals surface area contributed by atoms with E-state index in [9.17, 15) is 4.79 Å². The third-order valence-electron chi connectivity index (χ3n) is 3.64. The number of carbonyl (C=O) groups is 1. The van der Waals surface area contributed by atoms with Gasteiger partial charge in [0.15, 0.2) is 0 Å². The van der Waals surface area contributed by atoms with Crippen LogP contribution in [0.25, 0.3) is 0 Å². The van der Waals surface area contributed by atoms with Crippen LogP contribution in [0, 0.1) is 0 Å². The van der Waals surface area contributed by atoms with Gasteiger partial charge in [0.05, 0.1) is 0 Å². The third-order valence-corrected chi connectivity index (χ3v) is 4.81. The molecule has 0 heterocycles. The largest absolute Gasteiger partial charge is 0.491 e. The summed E-state index contributed by atoms with van der Waals surface area (Å²) in [7, 11) is 0. The molecule has 5 heteroatoms. The summed E-state index contributed by atoms with van der Waals surface area (Å²) >= 11 is 1.92. The van der Waals surface area contributed by atoms with E-state index in [1.807, 2.05) is 11.8 Å². The molecule has 0 aliphatic heterocycles. The number of nitrogens with one attached hydrogen (secondary N) is 1. The van der Waals surface area contributed by atoms with E-state index in [1.165, 1.54) is 19.3 Å². The van der Waals surface area contributed by atoms with Crippen molar-refractivity contribution in [1.29, 1.82) is 0 Å². The van der Waals surface area contributed by atoms with Gasteiger partial charge >= 0.3 is 5.97 Å². The summed E-state index contributed by atoms with van der Waals surface area (Å²) in [5.41, 5.74) is 0.218. The van der Waals surface area contributed by atoms with Gasteiger partial charge in [-0.05, 0) is 31.2 Å². The minimum absolute atomic E-state index is 0.218. The number of thioether (sulfide) groups is 1. The van der Waals surface area contributed by atoms with E-state index in [-0.39, 0.29) is 5.56 Å². The topological polar surface area (TPSA) is 58.6 Å². The molecular weight excluding hydrogens is 274 g/mol. The summed E-state index contributed by atoms with van der Waals surface area (Å²) in [6.07, 6.45) is 5.94. The smallest absolute Gasteiger partial charge is 0.339 e. The molecule has 0 amide bonds. The Hall–Kier alpha value is -1.20. The summed E-state index contributed by atoms with van der Waals surface area (Å²) < 4.78 is 5.58. The average Bonchev–Trinajstić information content (AvgIpc) is 2.91. The molecule has 1 aromatic rings. The molecule has 1 aromatic carbocycles. The third kappa shape index (κ3) is 3.90. The van der Waals surface area contributed by atoms with Crippen molar-refractivity contribution in [3.8, 4) is 5.75 Å². The van der Waals surface area contributed by atoms with Gasteiger partial charge in [-0.15, -0.1) is 0 Å². The van der Waals surface area contributed by atoms with Gasteiger partial charge < -0.3 is 15.2 Å². The van der Waals surface area contributed by atoms with Crippen molar-refractivity contribution in [1.82, 2.24) is 5.32 Å². The number of aromatic carboxylic acids is 1. The molecule has 0 saturated heterocycles. The Morgan fingerprint density at radius 3 is 3.00 bits per heavy atom. The van der Waals surface area contributed by atoms with Gasteiger partial charge in [0, 0.05) is 17.8 Å². The molecule has 2 N–H and O–H groups in total. The molecule has 0 aromatic heterocycles. The van der Waals surface area contributed by atoms with Crippen LogP contribution in [0.3, 0.4) is 0 Å². The Morgan fingerprint density at radius 1 is 1.45 bits per heavy atom. The van der Waals surface area contributed by atoms with Gasteiger partial charge in [-0.2, -0.15) is 11.8 Å². The van der Waals surface area contributed by atoms with Crippen LogP contribution in [0.2, 0.25) is 0 Å². The van der Waals surface area contributed by atoms with Gasteiger partial charge in [0.25, 0.3) is 0 Å². The van der Waals surface area contributed by atoms with Crippen molar-refractivity contribution in [2.75, 3.05) is 19.4 Å². The zero-order chi connectivity index (χ0) is 14.4. The summed E-state index contributed by atoms with van der Waals surface area (Å²) in [6.45, 7) is 1.23. The Morgan fingerprint density at radius 2 is 2.25 bits per heavy atom. The van der Waals surface area contributed by atoms with E-state index >= 15 is 0 Å². The highest BCUT2D eigenvalue weighted by atomic mass is 32.2. The number of carboxylic acid groups (broad SMARTS) is 1. The van der Waals surface area contributed by atoms with Crippen LogP contribution in [0.4, 0.5) is 0 Å². The first-order chi connectivity index (χ1) is 9.72. The lowest BCUT2D eigenvalue weighted by molar-refractivity contribution is 0.0692. The second-order valence-corrected chi connectivity index (χ2v) is 5.99. The fourth-order valence-corrected chi connectivity index (χ4v) is 3.58.